The summed E-state index contributed by atoms with van der Waals surface area (Å²) in [6.45, 7) is 6.87. The van der Waals surface area contributed by atoms with Gasteiger partial charge >= 0.3 is 0 Å². The van der Waals surface area contributed by atoms with Crippen LogP contribution in [-0.4, -0.2) is 22.5 Å². The Hall–Kier alpha value is -1.44. The molecule has 1 heterocycles. The zero-order chi connectivity index (χ0) is 28.4. The molecule has 1 unspecified atom stereocenters. The van der Waals surface area contributed by atoms with E-state index in [0.29, 0.717) is 6.17 Å². The van der Waals surface area contributed by atoms with Gasteiger partial charge in [0.25, 0.3) is 0 Å². The second-order valence-electron chi connectivity index (χ2n) is 12.7. The van der Waals surface area contributed by atoms with Crippen LogP contribution in [0.3, 0.4) is 0 Å². The van der Waals surface area contributed by atoms with Crippen molar-refractivity contribution >= 4 is 0 Å². The third-order valence-electron chi connectivity index (χ3n) is 9.01. The zero-order valence-electron chi connectivity index (χ0n) is 27.1. The summed E-state index contributed by atoms with van der Waals surface area (Å²) in [5.74, 6) is 0. The first-order valence-electron chi connectivity index (χ1n) is 18.1. The van der Waals surface area contributed by atoms with Crippen molar-refractivity contribution in [3.8, 4) is 0 Å². The fourth-order valence-corrected chi connectivity index (χ4v) is 6.37. The first kappa shape index (κ1) is 34.8. The van der Waals surface area contributed by atoms with Gasteiger partial charge in [-0.3, -0.25) is 0 Å². The summed E-state index contributed by atoms with van der Waals surface area (Å²) >= 11 is 0. The molecule has 0 saturated carbocycles. The van der Waals surface area contributed by atoms with Gasteiger partial charge in [-0.15, -0.1) is 0 Å². The van der Waals surface area contributed by atoms with Crippen molar-refractivity contribution in [2.45, 2.75) is 187 Å². The van der Waals surface area contributed by atoms with Gasteiger partial charge in [-0.05, 0) is 24.8 Å². The van der Waals surface area contributed by atoms with Crippen LogP contribution in [0, 0.1) is 0 Å². The summed E-state index contributed by atoms with van der Waals surface area (Å²) in [7, 11) is 0. The lowest BCUT2D eigenvalue weighted by atomic mass is 10.0. The maximum absolute atomic E-state index is 2.66. The topological polar surface area (TPSA) is 6.48 Å². The van der Waals surface area contributed by atoms with Crippen molar-refractivity contribution in [3.05, 3.63) is 48.3 Å². The lowest BCUT2D eigenvalue weighted by Crippen LogP contribution is -2.38. The van der Waals surface area contributed by atoms with Gasteiger partial charge in [-0.25, -0.2) is 0 Å². The average molecular weight is 553 g/mol. The van der Waals surface area contributed by atoms with E-state index >= 15 is 0 Å². The van der Waals surface area contributed by atoms with Crippen LogP contribution in [0.5, 0.6) is 0 Å². The van der Waals surface area contributed by atoms with Crippen LogP contribution in [-0.2, 0) is 6.54 Å². The molecule has 0 aliphatic carbocycles. The van der Waals surface area contributed by atoms with Crippen LogP contribution in [0.25, 0.3) is 0 Å². The highest BCUT2D eigenvalue weighted by molar-refractivity contribution is 5.16. The molecule has 0 radical (unpaired) electrons. The largest absolute Gasteiger partial charge is 0.356 e. The third kappa shape index (κ3) is 17.4. The second kappa shape index (κ2) is 25.3. The summed E-state index contributed by atoms with van der Waals surface area (Å²) in [6, 6.07) is 11.1. The highest BCUT2D eigenvalue weighted by atomic mass is 15.4. The smallest absolute Gasteiger partial charge is 0.101 e. The van der Waals surface area contributed by atoms with E-state index in [1.54, 1.807) is 0 Å². The average Bonchev–Trinajstić information content (AvgIpc) is 3.35. The van der Waals surface area contributed by atoms with E-state index in [9.17, 15) is 0 Å². The maximum atomic E-state index is 2.66. The predicted octanol–water partition coefficient (Wildman–Crippen LogP) is 12.4. The first-order valence-corrected chi connectivity index (χ1v) is 18.1. The highest BCUT2D eigenvalue weighted by Gasteiger charge is 2.25. The molecule has 1 atom stereocenters. The minimum atomic E-state index is 0.552. The molecule has 1 aliphatic rings. The lowest BCUT2D eigenvalue weighted by Gasteiger charge is -2.33. The highest BCUT2D eigenvalue weighted by Crippen LogP contribution is 2.25. The van der Waals surface area contributed by atoms with Crippen molar-refractivity contribution in [2.75, 3.05) is 6.54 Å². The molecule has 2 heteroatoms. The number of rotatable bonds is 28. The van der Waals surface area contributed by atoms with E-state index in [0.717, 1.165) is 6.54 Å². The van der Waals surface area contributed by atoms with E-state index in [1.807, 2.05) is 0 Å². The van der Waals surface area contributed by atoms with Gasteiger partial charge in [0, 0.05) is 25.5 Å². The summed E-state index contributed by atoms with van der Waals surface area (Å²) in [5, 5.41) is 0. The van der Waals surface area contributed by atoms with Crippen molar-refractivity contribution in [1.82, 2.24) is 9.80 Å². The van der Waals surface area contributed by atoms with E-state index in [1.165, 1.54) is 173 Å². The Labute approximate surface area is 251 Å². The molecular weight excluding hydrogens is 484 g/mol. The molecule has 0 saturated heterocycles. The lowest BCUT2D eigenvalue weighted by molar-refractivity contribution is 0.132. The quantitative estimate of drug-likeness (QED) is 0.0954. The van der Waals surface area contributed by atoms with Crippen LogP contribution in [0.4, 0.5) is 0 Å². The van der Waals surface area contributed by atoms with Gasteiger partial charge in [-0.1, -0.05) is 185 Å². The monoisotopic (exact) mass is 553 g/mol. The second-order valence-corrected chi connectivity index (χ2v) is 12.7. The number of unbranched alkanes of at least 4 members (excludes halogenated alkanes) is 22. The number of hydrogen-bond donors (Lipinski definition) is 0. The van der Waals surface area contributed by atoms with Crippen LogP contribution < -0.4 is 0 Å². The summed E-state index contributed by atoms with van der Waals surface area (Å²) in [4.78, 5) is 5.27. The molecule has 1 aliphatic heterocycles. The molecule has 2 nitrogen and oxygen atoms in total. The third-order valence-corrected chi connectivity index (χ3v) is 9.01. The number of hydrogen-bond acceptors (Lipinski definition) is 2. The molecule has 0 spiro atoms. The zero-order valence-corrected chi connectivity index (χ0v) is 27.1. The van der Waals surface area contributed by atoms with Gasteiger partial charge < -0.3 is 9.80 Å². The minimum Gasteiger partial charge on any atom is -0.356 e. The van der Waals surface area contributed by atoms with Gasteiger partial charge in [0.05, 0.1) is 0 Å². The maximum Gasteiger partial charge on any atom is 0.101 e. The number of benzene rings is 1. The summed E-state index contributed by atoms with van der Waals surface area (Å²) < 4.78 is 0. The fourth-order valence-electron chi connectivity index (χ4n) is 6.37. The molecule has 1 aromatic carbocycles. The van der Waals surface area contributed by atoms with E-state index < -0.39 is 0 Å². The van der Waals surface area contributed by atoms with Crippen LogP contribution in [0.15, 0.2) is 42.7 Å². The molecule has 2 rings (SSSR count). The van der Waals surface area contributed by atoms with Crippen LogP contribution >= 0.6 is 0 Å². The van der Waals surface area contributed by atoms with Crippen molar-refractivity contribution in [1.29, 1.82) is 0 Å². The van der Waals surface area contributed by atoms with E-state index in [4.69, 9.17) is 0 Å². The Morgan fingerprint density at radius 1 is 0.450 bits per heavy atom. The molecule has 1 aromatic rings. The van der Waals surface area contributed by atoms with Crippen LogP contribution in [0.2, 0.25) is 0 Å². The van der Waals surface area contributed by atoms with E-state index in [2.05, 4.69) is 66.4 Å². The van der Waals surface area contributed by atoms with Crippen LogP contribution in [0.1, 0.15) is 180 Å². The van der Waals surface area contributed by atoms with Crippen molar-refractivity contribution < 1.29 is 0 Å². The molecule has 230 valence electrons. The minimum absolute atomic E-state index is 0.552. The Kier molecular flexibility index (Phi) is 22.0. The van der Waals surface area contributed by atoms with Gasteiger partial charge in [0.15, 0.2) is 0 Å². The van der Waals surface area contributed by atoms with Gasteiger partial charge in [-0.2, -0.15) is 0 Å². The molecule has 0 N–H and O–H groups in total. The number of nitrogens with zero attached hydrogens (tertiary/aromatic N) is 2. The molecule has 40 heavy (non-hydrogen) atoms. The Bertz CT molecular complexity index is 684. The Morgan fingerprint density at radius 2 is 0.850 bits per heavy atom. The SMILES string of the molecule is CCCCCCCCCCCCCCCN1C=CN(Cc2ccccc2)C1CCCCCCCCCCCCC. The molecule has 0 amide bonds. The van der Waals surface area contributed by atoms with Gasteiger partial charge in [0.1, 0.15) is 6.17 Å². The van der Waals surface area contributed by atoms with Crippen molar-refractivity contribution in [2.24, 2.45) is 0 Å². The predicted molar refractivity (Wildman–Crippen MR) is 178 cm³/mol. The Morgan fingerprint density at radius 3 is 1.32 bits per heavy atom. The van der Waals surface area contributed by atoms with E-state index in [-0.39, 0.29) is 0 Å². The summed E-state index contributed by atoms with van der Waals surface area (Å²) in [5.41, 5.74) is 1.43. The molecular formula is C38H68N2. The van der Waals surface area contributed by atoms with Crippen molar-refractivity contribution in [3.63, 3.8) is 0 Å². The normalized spacial score (nSPS) is 15.0. The molecule has 0 bridgehead atoms. The standard InChI is InChI=1S/C38H68N2/c1-3-5-7-9-11-13-15-16-18-20-22-24-29-33-39-34-35-40(36-37-30-26-25-27-31-37)38(39)32-28-23-21-19-17-14-12-10-8-6-4-2/h25-27,30-31,34-35,38H,3-24,28-29,32-33,36H2,1-2H3. The van der Waals surface area contributed by atoms with Gasteiger partial charge in [0.2, 0.25) is 0 Å². The molecule has 0 fully saturated rings. The molecule has 0 aromatic heterocycles. The Balaban J connectivity index is 1.58. The first-order chi connectivity index (χ1) is 19.8. The fraction of sp³-hybridized carbons (Fsp3) is 0.789. The summed E-state index contributed by atoms with van der Waals surface area (Å²) in [6.07, 6.45) is 40.9.